The number of pyridine rings is 1. The Morgan fingerprint density at radius 1 is 1.27 bits per heavy atom. The first-order valence-corrected chi connectivity index (χ1v) is 4.23. The number of aromatic amines is 1. The molecular formula is C9H8N4O2. The summed E-state index contributed by atoms with van der Waals surface area (Å²) >= 11 is 0. The third kappa shape index (κ3) is 2.53. The SMILES string of the molecule is O=C(Nc1ccn[nH]1)Oc1ccncc1. The fourth-order valence-electron chi connectivity index (χ4n) is 0.974. The second-order valence-corrected chi connectivity index (χ2v) is 2.67. The van der Waals surface area contributed by atoms with Crippen molar-refractivity contribution in [3.63, 3.8) is 0 Å². The predicted molar refractivity (Wildman–Crippen MR) is 52.5 cm³/mol. The summed E-state index contributed by atoms with van der Waals surface area (Å²) in [4.78, 5) is 15.1. The molecule has 0 aromatic carbocycles. The number of H-pyrrole nitrogens is 1. The number of anilines is 1. The van der Waals surface area contributed by atoms with Crippen molar-refractivity contribution < 1.29 is 9.53 Å². The molecule has 6 heteroatoms. The first kappa shape index (κ1) is 9.20. The smallest absolute Gasteiger partial charge is 0.410 e. The molecule has 2 heterocycles. The minimum Gasteiger partial charge on any atom is -0.410 e. The predicted octanol–water partition coefficient (Wildman–Crippen LogP) is 1.42. The Balaban J connectivity index is 1.94. The normalized spacial score (nSPS) is 9.60. The molecule has 2 aromatic rings. The Morgan fingerprint density at radius 2 is 2.07 bits per heavy atom. The van der Waals surface area contributed by atoms with Crippen molar-refractivity contribution in [3.8, 4) is 5.75 Å². The summed E-state index contributed by atoms with van der Waals surface area (Å²) < 4.78 is 4.95. The Hall–Kier alpha value is -2.37. The van der Waals surface area contributed by atoms with E-state index in [1.165, 1.54) is 6.20 Å². The van der Waals surface area contributed by atoms with Crippen molar-refractivity contribution in [1.29, 1.82) is 0 Å². The largest absolute Gasteiger partial charge is 0.418 e. The van der Waals surface area contributed by atoms with E-state index in [1.54, 1.807) is 30.6 Å². The van der Waals surface area contributed by atoms with E-state index in [4.69, 9.17) is 4.74 Å². The zero-order chi connectivity index (χ0) is 10.5. The van der Waals surface area contributed by atoms with Gasteiger partial charge in [0.2, 0.25) is 0 Å². The maximum Gasteiger partial charge on any atom is 0.418 e. The maximum atomic E-state index is 11.3. The molecular weight excluding hydrogens is 196 g/mol. The molecule has 76 valence electrons. The molecule has 6 nitrogen and oxygen atoms in total. The summed E-state index contributed by atoms with van der Waals surface area (Å²) in [5.74, 6) is 0.913. The lowest BCUT2D eigenvalue weighted by Crippen LogP contribution is -2.16. The third-order valence-corrected chi connectivity index (χ3v) is 1.60. The molecule has 15 heavy (non-hydrogen) atoms. The van der Waals surface area contributed by atoms with Gasteiger partial charge in [0, 0.05) is 18.5 Å². The van der Waals surface area contributed by atoms with E-state index in [0.29, 0.717) is 11.6 Å². The lowest BCUT2D eigenvalue weighted by molar-refractivity contribution is 0.215. The highest BCUT2D eigenvalue weighted by Gasteiger charge is 2.04. The van der Waals surface area contributed by atoms with Crippen LogP contribution in [0.15, 0.2) is 36.8 Å². The van der Waals surface area contributed by atoms with Gasteiger partial charge in [-0.1, -0.05) is 0 Å². The van der Waals surface area contributed by atoms with Crippen LogP contribution in [0.25, 0.3) is 0 Å². The van der Waals surface area contributed by atoms with Gasteiger partial charge in [-0.25, -0.2) is 4.79 Å². The average Bonchev–Trinajstić information content (AvgIpc) is 2.71. The number of nitrogens with zero attached hydrogens (tertiary/aromatic N) is 2. The van der Waals surface area contributed by atoms with Crippen LogP contribution in [-0.4, -0.2) is 21.3 Å². The van der Waals surface area contributed by atoms with E-state index in [0.717, 1.165) is 0 Å². The number of carbonyl (C=O) groups excluding carboxylic acids is 1. The highest BCUT2D eigenvalue weighted by Crippen LogP contribution is 2.08. The van der Waals surface area contributed by atoms with Gasteiger partial charge in [0.15, 0.2) is 0 Å². The Kier molecular flexibility index (Phi) is 2.59. The number of carbonyl (C=O) groups is 1. The molecule has 0 spiro atoms. The van der Waals surface area contributed by atoms with Crippen molar-refractivity contribution in [2.45, 2.75) is 0 Å². The van der Waals surface area contributed by atoms with Crippen LogP contribution in [0, 0.1) is 0 Å². The van der Waals surface area contributed by atoms with E-state index in [2.05, 4.69) is 20.5 Å². The second kappa shape index (κ2) is 4.23. The summed E-state index contributed by atoms with van der Waals surface area (Å²) in [7, 11) is 0. The quantitative estimate of drug-likeness (QED) is 0.775. The first-order valence-electron chi connectivity index (χ1n) is 4.23. The molecule has 0 radical (unpaired) electrons. The van der Waals surface area contributed by atoms with Gasteiger partial charge >= 0.3 is 6.09 Å². The molecule has 0 saturated carbocycles. The topological polar surface area (TPSA) is 79.9 Å². The summed E-state index contributed by atoms with van der Waals surface area (Å²) in [6.07, 6.45) is 4.03. The van der Waals surface area contributed by atoms with Crippen LogP contribution in [0.1, 0.15) is 0 Å². The van der Waals surface area contributed by atoms with Crippen LogP contribution in [0.2, 0.25) is 0 Å². The van der Waals surface area contributed by atoms with Gasteiger partial charge in [-0.05, 0) is 12.1 Å². The van der Waals surface area contributed by atoms with Gasteiger partial charge in [-0.2, -0.15) is 5.10 Å². The van der Waals surface area contributed by atoms with Crippen LogP contribution in [0.4, 0.5) is 10.6 Å². The Bertz CT molecular complexity index is 427. The summed E-state index contributed by atoms with van der Waals surface area (Å²) in [5.41, 5.74) is 0. The standard InChI is InChI=1S/C9H8N4O2/c14-9(12-8-3-6-11-13-8)15-7-1-4-10-5-2-7/h1-6H,(H2,11,12,13,14). The van der Waals surface area contributed by atoms with Gasteiger partial charge in [0.1, 0.15) is 11.6 Å². The number of amides is 1. The van der Waals surface area contributed by atoms with Gasteiger partial charge < -0.3 is 4.74 Å². The molecule has 0 atom stereocenters. The van der Waals surface area contributed by atoms with Gasteiger partial charge in [-0.15, -0.1) is 0 Å². The third-order valence-electron chi connectivity index (χ3n) is 1.60. The fourth-order valence-corrected chi connectivity index (χ4v) is 0.974. The van der Waals surface area contributed by atoms with Crippen LogP contribution >= 0.6 is 0 Å². The zero-order valence-corrected chi connectivity index (χ0v) is 7.68. The molecule has 0 bridgehead atoms. The number of hydrogen-bond donors (Lipinski definition) is 2. The highest BCUT2D eigenvalue weighted by atomic mass is 16.6. The zero-order valence-electron chi connectivity index (χ0n) is 7.68. The lowest BCUT2D eigenvalue weighted by Gasteiger charge is -2.03. The van der Waals surface area contributed by atoms with E-state index in [1.807, 2.05) is 0 Å². The molecule has 2 N–H and O–H groups in total. The first-order chi connectivity index (χ1) is 7.34. The van der Waals surface area contributed by atoms with Crippen LogP contribution in [0.5, 0.6) is 5.75 Å². The molecule has 0 unspecified atom stereocenters. The summed E-state index contributed by atoms with van der Waals surface area (Å²) in [6.45, 7) is 0. The fraction of sp³-hybridized carbons (Fsp3) is 0. The molecule has 2 aromatic heterocycles. The number of hydrogen-bond acceptors (Lipinski definition) is 4. The van der Waals surface area contributed by atoms with Gasteiger partial charge in [-0.3, -0.25) is 15.4 Å². The maximum absolute atomic E-state index is 11.3. The van der Waals surface area contributed by atoms with E-state index in [9.17, 15) is 4.79 Å². The molecule has 1 amide bonds. The van der Waals surface area contributed by atoms with E-state index in [-0.39, 0.29) is 0 Å². The van der Waals surface area contributed by atoms with Gasteiger partial charge in [0.25, 0.3) is 0 Å². The van der Waals surface area contributed by atoms with Crippen molar-refractivity contribution >= 4 is 11.9 Å². The molecule has 0 aliphatic rings. The van der Waals surface area contributed by atoms with Crippen molar-refractivity contribution in [3.05, 3.63) is 36.8 Å². The second-order valence-electron chi connectivity index (χ2n) is 2.67. The monoisotopic (exact) mass is 204 g/mol. The van der Waals surface area contributed by atoms with E-state index < -0.39 is 6.09 Å². The van der Waals surface area contributed by atoms with Crippen LogP contribution in [0.3, 0.4) is 0 Å². The summed E-state index contributed by atoms with van der Waals surface area (Å²) in [5, 5.41) is 8.73. The lowest BCUT2D eigenvalue weighted by atomic mass is 10.5. The van der Waals surface area contributed by atoms with Crippen molar-refractivity contribution in [1.82, 2.24) is 15.2 Å². The van der Waals surface area contributed by atoms with Crippen LogP contribution < -0.4 is 10.1 Å². The van der Waals surface area contributed by atoms with E-state index >= 15 is 0 Å². The number of nitrogens with one attached hydrogen (secondary N) is 2. The number of rotatable bonds is 2. The Morgan fingerprint density at radius 3 is 2.73 bits per heavy atom. The Labute approximate surface area is 85.3 Å². The van der Waals surface area contributed by atoms with Crippen molar-refractivity contribution in [2.24, 2.45) is 0 Å². The molecule has 2 rings (SSSR count). The molecule has 0 fully saturated rings. The van der Waals surface area contributed by atoms with Gasteiger partial charge in [0.05, 0.1) is 6.20 Å². The number of aromatic nitrogens is 3. The number of ether oxygens (including phenoxy) is 1. The minimum atomic E-state index is -0.578. The molecule has 0 aliphatic carbocycles. The van der Waals surface area contributed by atoms with Crippen molar-refractivity contribution in [2.75, 3.05) is 5.32 Å². The highest BCUT2D eigenvalue weighted by molar-refractivity contribution is 5.84. The van der Waals surface area contributed by atoms with Crippen LogP contribution in [-0.2, 0) is 0 Å². The molecule has 0 saturated heterocycles. The minimum absolute atomic E-state index is 0.432. The summed E-state index contributed by atoms with van der Waals surface area (Å²) in [6, 6.07) is 4.80. The average molecular weight is 204 g/mol. The molecule has 0 aliphatic heterocycles.